The fourth-order valence-corrected chi connectivity index (χ4v) is 4.01. The highest BCUT2D eigenvalue weighted by Crippen LogP contribution is 2.35. The number of rotatable bonds is 4. The van der Waals surface area contributed by atoms with Crippen molar-refractivity contribution in [3.63, 3.8) is 0 Å². The molecule has 2 rings (SSSR count). The summed E-state index contributed by atoms with van der Waals surface area (Å²) < 4.78 is 0. The van der Waals surface area contributed by atoms with Crippen molar-refractivity contribution in [2.24, 2.45) is 10.4 Å². The first kappa shape index (κ1) is 15.4. The Bertz CT molecular complexity index is 478. The third-order valence-corrected chi connectivity index (χ3v) is 5.85. The average Bonchev–Trinajstić information content (AvgIpc) is 2.49. The summed E-state index contributed by atoms with van der Waals surface area (Å²) in [4.78, 5) is 4.79. The SMILES string of the molecule is CCC1(CC)CN=C(NC(C)c2ccccc2C)SC1. The van der Waals surface area contributed by atoms with Gasteiger partial charge in [0.1, 0.15) is 0 Å². The van der Waals surface area contributed by atoms with Crippen LogP contribution in [0.4, 0.5) is 0 Å². The second kappa shape index (κ2) is 6.66. The largest absolute Gasteiger partial charge is 0.358 e. The van der Waals surface area contributed by atoms with Gasteiger partial charge in [0.25, 0.3) is 0 Å². The van der Waals surface area contributed by atoms with Crippen LogP contribution >= 0.6 is 11.8 Å². The number of nitrogens with one attached hydrogen (secondary N) is 1. The standard InChI is InChI=1S/C17H26N2S/c1-5-17(6-2)11-18-16(20-12-17)19-14(4)15-10-8-7-9-13(15)3/h7-10,14H,5-6,11-12H2,1-4H3,(H,18,19). The molecule has 2 nitrogen and oxygen atoms in total. The van der Waals surface area contributed by atoms with Gasteiger partial charge in [0.05, 0.1) is 6.04 Å². The molecule has 0 saturated carbocycles. The van der Waals surface area contributed by atoms with Crippen molar-refractivity contribution in [2.75, 3.05) is 12.3 Å². The Hall–Kier alpha value is -0.960. The van der Waals surface area contributed by atoms with Gasteiger partial charge in [0, 0.05) is 12.3 Å². The first-order valence-electron chi connectivity index (χ1n) is 7.59. The van der Waals surface area contributed by atoms with Crippen LogP contribution in [0.25, 0.3) is 0 Å². The Balaban J connectivity index is 2.02. The summed E-state index contributed by atoms with van der Waals surface area (Å²) in [6.07, 6.45) is 2.45. The van der Waals surface area contributed by atoms with Crippen molar-refractivity contribution in [1.29, 1.82) is 0 Å². The normalized spacial score (nSPS) is 19.3. The average molecular weight is 290 g/mol. The van der Waals surface area contributed by atoms with Gasteiger partial charge in [0.2, 0.25) is 0 Å². The first-order valence-corrected chi connectivity index (χ1v) is 8.58. The van der Waals surface area contributed by atoms with E-state index in [-0.39, 0.29) is 0 Å². The maximum absolute atomic E-state index is 4.79. The fourth-order valence-electron chi connectivity index (χ4n) is 2.65. The van der Waals surface area contributed by atoms with E-state index >= 15 is 0 Å². The second-order valence-electron chi connectivity index (χ2n) is 5.84. The zero-order valence-electron chi connectivity index (χ0n) is 13.1. The van der Waals surface area contributed by atoms with Crippen LogP contribution in [-0.4, -0.2) is 17.5 Å². The lowest BCUT2D eigenvalue weighted by molar-refractivity contribution is 0.318. The van der Waals surface area contributed by atoms with Gasteiger partial charge in [-0.15, -0.1) is 0 Å². The molecule has 1 N–H and O–H groups in total. The van der Waals surface area contributed by atoms with Gasteiger partial charge in [-0.25, -0.2) is 0 Å². The Kier molecular flexibility index (Phi) is 5.14. The molecule has 1 atom stereocenters. The molecule has 20 heavy (non-hydrogen) atoms. The Morgan fingerprint density at radius 2 is 2.00 bits per heavy atom. The molecule has 1 heterocycles. The van der Waals surface area contributed by atoms with Gasteiger partial charge in [0.15, 0.2) is 5.17 Å². The van der Waals surface area contributed by atoms with Crippen molar-refractivity contribution in [3.8, 4) is 0 Å². The lowest BCUT2D eigenvalue weighted by atomic mass is 9.84. The number of aliphatic imine (C=N–C) groups is 1. The lowest BCUT2D eigenvalue weighted by Gasteiger charge is -2.34. The van der Waals surface area contributed by atoms with Crippen molar-refractivity contribution in [1.82, 2.24) is 5.32 Å². The molecule has 1 aliphatic heterocycles. The van der Waals surface area contributed by atoms with Gasteiger partial charge in [-0.2, -0.15) is 0 Å². The van der Waals surface area contributed by atoms with Gasteiger partial charge in [-0.05, 0) is 43.2 Å². The predicted octanol–water partition coefficient (Wildman–Crippen LogP) is 4.55. The van der Waals surface area contributed by atoms with E-state index in [4.69, 9.17) is 4.99 Å². The highest BCUT2D eigenvalue weighted by atomic mass is 32.2. The number of hydrogen-bond acceptors (Lipinski definition) is 3. The maximum atomic E-state index is 4.79. The van der Waals surface area contributed by atoms with E-state index in [1.165, 1.54) is 29.7 Å². The highest BCUT2D eigenvalue weighted by molar-refractivity contribution is 8.13. The van der Waals surface area contributed by atoms with Crippen LogP contribution in [0.5, 0.6) is 0 Å². The third kappa shape index (κ3) is 3.38. The number of benzene rings is 1. The van der Waals surface area contributed by atoms with E-state index in [2.05, 4.69) is 57.3 Å². The Labute approximate surface area is 127 Å². The predicted molar refractivity (Wildman–Crippen MR) is 90.5 cm³/mol. The van der Waals surface area contributed by atoms with Crippen LogP contribution in [0, 0.1) is 12.3 Å². The lowest BCUT2D eigenvalue weighted by Crippen LogP contribution is -2.35. The van der Waals surface area contributed by atoms with Crippen LogP contribution in [0.2, 0.25) is 0 Å². The van der Waals surface area contributed by atoms with E-state index in [1.807, 2.05) is 11.8 Å². The van der Waals surface area contributed by atoms with Crippen LogP contribution in [0.15, 0.2) is 29.3 Å². The molecular weight excluding hydrogens is 264 g/mol. The zero-order chi connectivity index (χ0) is 14.6. The maximum Gasteiger partial charge on any atom is 0.157 e. The number of aryl methyl sites for hydroxylation is 1. The summed E-state index contributed by atoms with van der Waals surface area (Å²) in [5.74, 6) is 1.19. The Morgan fingerprint density at radius 3 is 2.55 bits per heavy atom. The molecule has 0 saturated heterocycles. The van der Waals surface area contributed by atoms with E-state index in [0.717, 1.165) is 11.7 Å². The summed E-state index contributed by atoms with van der Waals surface area (Å²) in [6.45, 7) is 9.92. The number of thioether (sulfide) groups is 1. The van der Waals surface area contributed by atoms with Gasteiger partial charge in [-0.3, -0.25) is 4.99 Å². The minimum absolute atomic E-state index is 0.318. The van der Waals surface area contributed by atoms with Crippen molar-refractivity contribution < 1.29 is 0 Å². The molecule has 110 valence electrons. The molecule has 0 radical (unpaired) electrons. The molecule has 0 aliphatic carbocycles. The van der Waals surface area contributed by atoms with E-state index < -0.39 is 0 Å². The molecule has 0 bridgehead atoms. The molecule has 0 aromatic heterocycles. The summed E-state index contributed by atoms with van der Waals surface area (Å²) in [6, 6.07) is 8.88. The quantitative estimate of drug-likeness (QED) is 0.879. The topological polar surface area (TPSA) is 24.4 Å². The minimum Gasteiger partial charge on any atom is -0.358 e. The zero-order valence-corrected chi connectivity index (χ0v) is 13.9. The summed E-state index contributed by atoms with van der Waals surface area (Å²) >= 11 is 1.89. The molecule has 1 aromatic rings. The van der Waals surface area contributed by atoms with E-state index in [1.54, 1.807) is 0 Å². The smallest absolute Gasteiger partial charge is 0.157 e. The number of nitrogens with zero attached hydrogens (tertiary/aromatic N) is 1. The Morgan fingerprint density at radius 1 is 1.30 bits per heavy atom. The van der Waals surface area contributed by atoms with Crippen LogP contribution in [0.1, 0.15) is 50.8 Å². The summed E-state index contributed by atoms with van der Waals surface area (Å²) in [5, 5.41) is 4.68. The molecule has 1 aromatic carbocycles. The first-order chi connectivity index (χ1) is 9.60. The van der Waals surface area contributed by atoms with Crippen molar-refractivity contribution in [3.05, 3.63) is 35.4 Å². The van der Waals surface area contributed by atoms with Gasteiger partial charge in [-0.1, -0.05) is 49.9 Å². The second-order valence-corrected chi connectivity index (χ2v) is 6.80. The van der Waals surface area contributed by atoms with Crippen LogP contribution in [-0.2, 0) is 0 Å². The van der Waals surface area contributed by atoms with Crippen molar-refractivity contribution >= 4 is 16.9 Å². The molecule has 1 unspecified atom stereocenters. The number of amidine groups is 1. The molecule has 0 amide bonds. The summed E-state index contributed by atoms with van der Waals surface area (Å²) in [5.41, 5.74) is 3.12. The molecule has 0 fully saturated rings. The fraction of sp³-hybridized carbons (Fsp3) is 0.588. The third-order valence-electron chi connectivity index (χ3n) is 4.57. The van der Waals surface area contributed by atoms with Gasteiger partial charge < -0.3 is 5.32 Å². The molecule has 0 spiro atoms. The molecule has 3 heteroatoms. The number of hydrogen-bond donors (Lipinski definition) is 1. The summed E-state index contributed by atoms with van der Waals surface area (Å²) in [7, 11) is 0. The van der Waals surface area contributed by atoms with Crippen molar-refractivity contribution in [2.45, 2.75) is 46.6 Å². The van der Waals surface area contributed by atoms with Crippen LogP contribution in [0.3, 0.4) is 0 Å². The van der Waals surface area contributed by atoms with Crippen LogP contribution < -0.4 is 5.32 Å². The van der Waals surface area contributed by atoms with Gasteiger partial charge >= 0.3 is 0 Å². The molecule has 1 aliphatic rings. The minimum atomic E-state index is 0.318. The monoisotopic (exact) mass is 290 g/mol. The highest BCUT2D eigenvalue weighted by Gasteiger charge is 2.30. The van der Waals surface area contributed by atoms with E-state index in [0.29, 0.717) is 11.5 Å². The molecular formula is C17H26N2S. The van der Waals surface area contributed by atoms with E-state index in [9.17, 15) is 0 Å².